The van der Waals surface area contributed by atoms with Crippen LogP contribution < -0.4 is 9.47 Å². The van der Waals surface area contributed by atoms with Crippen molar-refractivity contribution in [3.63, 3.8) is 0 Å². The van der Waals surface area contributed by atoms with Crippen LogP contribution in [0.1, 0.15) is 11.1 Å². The average Bonchev–Trinajstić information content (AvgIpc) is 2.41. The number of hydrogen-bond acceptors (Lipinski definition) is 2. The van der Waals surface area contributed by atoms with Gasteiger partial charge in [-0.15, -0.1) is 0 Å². The van der Waals surface area contributed by atoms with Crippen LogP contribution in [0.4, 0.5) is 4.39 Å². The molecule has 0 heterocycles. The maximum atomic E-state index is 13.9. The van der Waals surface area contributed by atoms with Gasteiger partial charge in [-0.25, -0.2) is 4.39 Å². The third-order valence-corrected chi connectivity index (χ3v) is 3.29. The maximum absolute atomic E-state index is 13.9. The van der Waals surface area contributed by atoms with Crippen LogP contribution in [-0.4, -0.2) is 7.11 Å². The highest BCUT2D eigenvalue weighted by molar-refractivity contribution is 9.10. The number of aryl methyl sites for hydroxylation is 1. The van der Waals surface area contributed by atoms with Gasteiger partial charge in [0.25, 0.3) is 0 Å². The van der Waals surface area contributed by atoms with E-state index in [2.05, 4.69) is 15.9 Å². The summed E-state index contributed by atoms with van der Waals surface area (Å²) in [5.41, 5.74) is 1.48. The number of ether oxygens (including phenoxy) is 2. The molecule has 4 heteroatoms. The summed E-state index contributed by atoms with van der Waals surface area (Å²) in [6.07, 6.45) is 0. The van der Waals surface area contributed by atoms with Crippen LogP contribution in [0.15, 0.2) is 40.9 Å². The molecule has 0 aliphatic carbocycles. The van der Waals surface area contributed by atoms with E-state index in [9.17, 15) is 4.39 Å². The molecule has 2 nitrogen and oxygen atoms in total. The molecule has 0 saturated carbocycles. The monoisotopic (exact) mass is 324 g/mol. The molecule has 2 aromatic carbocycles. The van der Waals surface area contributed by atoms with Crippen molar-refractivity contribution < 1.29 is 13.9 Å². The summed E-state index contributed by atoms with van der Waals surface area (Å²) in [6.45, 7) is 2.12. The molecule has 0 radical (unpaired) electrons. The Balaban J connectivity index is 2.17. The average molecular weight is 325 g/mol. The van der Waals surface area contributed by atoms with E-state index in [-0.39, 0.29) is 18.2 Å². The van der Waals surface area contributed by atoms with Gasteiger partial charge in [0.2, 0.25) is 0 Å². The van der Waals surface area contributed by atoms with E-state index in [4.69, 9.17) is 9.47 Å². The Hall–Kier alpha value is -1.55. The second-order valence-corrected chi connectivity index (χ2v) is 5.05. The molecule has 0 fully saturated rings. The lowest BCUT2D eigenvalue weighted by Crippen LogP contribution is -2.01. The number of hydrogen-bond donors (Lipinski definition) is 0. The summed E-state index contributed by atoms with van der Waals surface area (Å²) in [6, 6.07) is 10.8. The molecule has 0 aliphatic rings. The zero-order valence-corrected chi connectivity index (χ0v) is 12.3. The highest BCUT2D eigenvalue weighted by Crippen LogP contribution is 2.25. The zero-order valence-electron chi connectivity index (χ0n) is 10.7. The molecule has 0 atom stereocenters. The van der Waals surface area contributed by atoms with Gasteiger partial charge < -0.3 is 9.47 Å². The van der Waals surface area contributed by atoms with Gasteiger partial charge in [0.05, 0.1) is 7.11 Å². The summed E-state index contributed by atoms with van der Waals surface area (Å²) >= 11 is 3.39. The molecule has 0 N–H and O–H groups in total. The Morgan fingerprint density at radius 3 is 2.68 bits per heavy atom. The number of benzene rings is 2. The molecular formula is C15H14BrFO2. The molecule has 19 heavy (non-hydrogen) atoms. The summed E-state index contributed by atoms with van der Waals surface area (Å²) in [5, 5.41) is 0. The van der Waals surface area contributed by atoms with Crippen LogP contribution in [0.25, 0.3) is 0 Å². The Morgan fingerprint density at radius 1 is 1.16 bits per heavy atom. The lowest BCUT2D eigenvalue weighted by Gasteiger charge is -2.11. The SMILES string of the molecule is COc1cccc(COc2cc(Br)ccc2C)c1F. The minimum atomic E-state index is -0.377. The van der Waals surface area contributed by atoms with E-state index in [0.29, 0.717) is 5.56 Å². The first-order valence-corrected chi connectivity index (χ1v) is 6.61. The fraction of sp³-hybridized carbons (Fsp3) is 0.200. The van der Waals surface area contributed by atoms with Gasteiger partial charge in [0.1, 0.15) is 12.4 Å². The molecule has 0 spiro atoms. The van der Waals surface area contributed by atoms with Gasteiger partial charge in [-0.05, 0) is 30.7 Å². The quantitative estimate of drug-likeness (QED) is 0.825. The normalized spacial score (nSPS) is 10.3. The predicted molar refractivity (Wildman–Crippen MR) is 76.2 cm³/mol. The van der Waals surface area contributed by atoms with Crippen molar-refractivity contribution in [2.45, 2.75) is 13.5 Å². The summed E-state index contributed by atoms with van der Waals surface area (Å²) < 4.78 is 25.5. The van der Waals surface area contributed by atoms with Crippen LogP contribution in [-0.2, 0) is 6.61 Å². The van der Waals surface area contributed by atoms with E-state index < -0.39 is 0 Å². The molecule has 0 aromatic heterocycles. The van der Waals surface area contributed by atoms with Crippen LogP contribution in [0.3, 0.4) is 0 Å². The lowest BCUT2D eigenvalue weighted by atomic mass is 10.2. The van der Waals surface area contributed by atoms with Crippen LogP contribution >= 0.6 is 15.9 Å². The maximum Gasteiger partial charge on any atom is 0.171 e. The van der Waals surface area contributed by atoms with Gasteiger partial charge >= 0.3 is 0 Å². The first-order chi connectivity index (χ1) is 9.11. The van der Waals surface area contributed by atoms with E-state index >= 15 is 0 Å². The Labute approximate surface area is 120 Å². The van der Waals surface area contributed by atoms with Gasteiger partial charge in [0.15, 0.2) is 11.6 Å². The van der Waals surface area contributed by atoms with E-state index in [1.165, 1.54) is 7.11 Å². The molecular weight excluding hydrogens is 311 g/mol. The molecule has 100 valence electrons. The van der Waals surface area contributed by atoms with Crippen LogP contribution in [0, 0.1) is 12.7 Å². The smallest absolute Gasteiger partial charge is 0.171 e. The molecule has 2 aromatic rings. The van der Waals surface area contributed by atoms with E-state index in [1.54, 1.807) is 18.2 Å². The van der Waals surface area contributed by atoms with Crippen molar-refractivity contribution in [2.75, 3.05) is 7.11 Å². The first kappa shape index (κ1) is 13.9. The second kappa shape index (κ2) is 6.06. The topological polar surface area (TPSA) is 18.5 Å². The minimum absolute atomic E-state index is 0.167. The third-order valence-electron chi connectivity index (χ3n) is 2.80. The van der Waals surface area contributed by atoms with E-state index in [1.807, 2.05) is 25.1 Å². The van der Waals surface area contributed by atoms with Gasteiger partial charge in [0, 0.05) is 10.0 Å². The molecule has 0 amide bonds. The third kappa shape index (κ3) is 3.26. The summed E-state index contributed by atoms with van der Waals surface area (Å²) in [5.74, 6) is 0.585. The summed E-state index contributed by atoms with van der Waals surface area (Å²) in [7, 11) is 1.45. The van der Waals surface area contributed by atoms with Gasteiger partial charge in [-0.2, -0.15) is 0 Å². The second-order valence-electron chi connectivity index (χ2n) is 4.13. The highest BCUT2D eigenvalue weighted by atomic mass is 79.9. The van der Waals surface area contributed by atoms with Gasteiger partial charge in [-0.1, -0.05) is 34.1 Å². The molecule has 0 aliphatic heterocycles. The number of halogens is 2. The van der Waals surface area contributed by atoms with Crippen LogP contribution in [0.2, 0.25) is 0 Å². The van der Waals surface area contributed by atoms with Crippen molar-refractivity contribution in [1.29, 1.82) is 0 Å². The first-order valence-electron chi connectivity index (χ1n) is 5.82. The molecule has 2 rings (SSSR count). The molecule has 0 unspecified atom stereocenters. The van der Waals surface area contributed by atoms with Crippen molar-refractivity contribution in [3.8, 4) is 11.5 Å². The van der Waals surface area contributed by atoms with E-state index in [0.717, 1.165) is 15.8 Å². The Morgan fingerprint density at radius 2 is 1.95 bits per heavy atom. The highest BCUT2D eigenvalue weighted by Gasteiger charge is 2.09. The van der Waals surface area contributed by atoms with Crippen molar-refractivity contribution in [3.05, 3.63) is 57.8 Å². The standard InChI is InChI=1S/C15H14BrFO2/c1-10-6-7-12(16)8-14(10)19-9-11-4-3-5-13(18-2)15(11)17/h3-8H,9H2,1-2H3. The largest absolute Gasteiger partial charge is 0.494 e. The van der Waals surface area contributed by atoms with Crippen LogP contribution in [0.5, 0.6) is 11.5 Å². The van der Waals surface area contributed by atoms with Crippen molar-refractivity contribution in [2.24, 2.45) is 0 Å². The molecule has 0 bridgehead atoms. The number of methoxy groups -OCH3 is 1. The number of rotatable bonds is 4. The summed E-state index contributed by atoms with van der Waals surface area (Å²) in [4.78, 5) is 0. The van der Waals surface area contributed by atoms with Gasteiger partial charge in [-0.3, -0.25) is 0 Å². The lowest BCUT2D eigenvalue weighted by molar-refractivity contribution is 0.293. The van der Waals surface area contributed by atoms with Crippen molar-refractivity contribution >= 4 is 15.9 Å². The zero-order chi connectivity index (χ0) is 13.8. The minimum Gasteiger partial charge on any atom is -0.494 e. The Kier molecular flexibility index (Phi) is 4.43. The molecule has 0 saturated heterocycles. The van der Waals surface area contributed by atoms with Crippen molar-refractivity contribution in [1.82, 2.24) is 0 Å². The fourth-order valence-electron chi connectivity index (χ4n) is 1.71. The fourth-order valence-corrected chi connectivity index (χ4v) is 2.05. The predicted octanol–water partition coefficient (Wildman–Crippen LogP) is 4.48. The Bertz CT molecular complexity index is 584.